The minimum atomic E-state index is -0.374. The minimum Gasteiger partial charge on any atom is -0.461 e. The molecule has 0 aromatic carbocycles. The Labute approximate surface area is 109 Å². The maximum Gasteiger partial charge on any atom is 0.357 e. The van der Waals surface area contributed by atoms with E-state index in [0.717, 1.165) is 18.4 Å². The number of carbonyl (C=O) groups excluding carboxylic acids is 1. The lowest BCUT2D eigenvalue weighted by atomic mass is 10.1. The SMILES string of the molecule is CCOC(=O)c1nc(Br)ccc1CCCOC. The van der Waals surface area contributed by atoms with Crippen LogP contribution in [0.25, 0.3) is 0 Å². The van der Waals surface area contributed by atoms with E-state index in [2.05, 4.69) is 20.9 Å². The van der Waals surface area contributed by atoms with E-state index < -0.39 is 0 Å². The number of ether oxygens (including phenoxy) is 2. The molecule has 1 heterocycles. The normalized spacial score (nSPS) is 10.3. The van der Waals surface area contributed by atoms with Crippen LogP contribution in [-0.4, -0.2) is 31.3 Å². The highest BCUT2D eigenvalue weighted by molar-refractivity contribution is 9.10. The van der Waals surface area contributed by atoms with Gasteiger partial charge in [-0.3, -0.25) is 0 Å². The number of esters is 1. The molecule has 1 aromatic heterocycles. The Morgan fingerprint density at radius 3 is 2.88 bits per heavy atom. The van der Waals surface area contributed by atoms with Gasteiger partial charge in [0.15, 0.2) is 5.69 Å². The van der Waals surface area contributed by atoms with E-state index in [1.165, 1.54) is 0 Å². The van der Waals surface area contributed by atoms with Crippen LogP contribution in [0.4, 0.5) is 0 Å². The molecule has 5 heteroatoms. The molecule has 0 saturated heterocycles. The maximum absolute atomic E-state index is 11.7. The van der Waals surface area contributed by atoms with E-state index in [9.17, 15) is 4.79 Å². The molecule has 0 N–H and O–H groups in total. The van der Waals surface area contributed by atoms with E-state index in [-0.39, 0.29) is 5.97 Å². The van der Waals surface area contributed by atoms with E-state index in [0.29, 0.717) is 23.5 Å². The van der Waals surface area contributed by atoms with Crippen molar-refractivity contribution in [1.29, 1.82) is 0 Å². The van der Waals surface area contributed by atoms with Crippen molar-refractivity contribution in [3.8, 4) is 0 Å². The van der Waals surface area contributed by atoms with Gasteiger partial charge in [0.1, 0.15) is 4.60 Å². The number of nitrogens with zero attached hydrogens (tertiary/aromatic N) is 1. The van der Waals surface area contributed by atoms with Crippen LogP contribution in [0.2, 0.25) is 0 Å². The second-order valence-electron chi connectivity index (χ2n) is 3.46. The first kappa shape index (κ1) is 14.1. The predicted molar refractivity (Wildman–Crippen MR) is 68.1 cm³/mol. The number of hydrogen-bond acceptors (Lipinski definition) is 4. The summed E-state index contributed by atoms with van der Waals surface area (Å²) in [5.74, 6) is -0.374. The van der Waals surface area contributed by atoms with Crippen LogP contribution in [0.5, 0.6) is 0 Å². The fourth-order valence-electron chi connectivity index (χ4n) is 1.45. The van der Waals surface area contributed by atoms with Crippen molar-refractivity contribution >= 4 is 21.9 Å². The van der Waals surface area contributed by atoms with Crippen LogP contribution in [0.3, 0.4) is 0 Å². The predicted octanol–water partition coefficient (Wildman–Crippen LogP) is 2.60. The summed E-state index contributed by atoms with van der Waals surface area (Å²) in [7, 11) is 1.66. The van der Waals surface area contributed by atoms with Crippen LogP contribution in [0.15, 0.2) is 16.7 Å². The van der Waals surface area contributed by atoms with Crippen molar-refractivity contribution in [1.82, 2.24) is 4.98 Å². The summed E-state index contributed by atoms with van der Waals surface area (Å²) in [5, 5.41) is 0. The van der Waals surface area contributed by atoms with Gasteiger partial charge in [-0.2, -0.15) is 0 Å². The molecule has 17 heavy (non-hydrogen) atoms. The minimum absolute atomic E-state index is 0.352. The Bertz CT molecular complexity index is 382. The van der Waals surface area contributed by atoms with Crippen molar-refractivity contribution in [3.05, 3.63) is 28.0 Å². The molecule has 0 saturated carbocycles. The Balaban J connectivity index is 2.83. The quantitative estimate of drug-likeness (QED) is 0.460. The fraction of sp³-hybridized carbons (Fsp3) is 0.500. The molecule has 0 unspecified atom stereocenters. The smallest absolute Gasteiger partial charge is 0.357 e. The zero-order valence-corrected chi connectivity index (χ0v) is 11.6. The summed E-state index contributed by atoms with van der Waals surface area (Å²) in [5.41, 5.74) is 1.28. The molecule has 0 aliphatic heterocycles. The zero-order chi connectivity index (χ0) is 12.7. The van der Waals surface area contributed by atoms with Crippen molar-refractivity contribution < 1.29 is 14.3 Å². The number of pyridine rings is 1. The largest absolute Gasteiger partial charge is 0.461 e. The van der Waals surface area contributed by atoms with E-state index in [1.54, 1.807) is 14.0 Å². The monoisotopic (exact) mass is 301 g/mol. The molecule has 0 fully saturated rings. The van der Waals surface area contributed by atoms with Crippen LogP contribution in [-0.2, 0) is 15.9 Å². The molecular formula is C12H16BrNO3. The second kappa shape index (κ2) is 7.40. The highest BCUT2D eigenvalue weighted by atomic mass is 79.9. The summed E-state index contributed by atoms with van der Waals surface area (Å²) in [6.07, 6.45) is 1.61. The average molecular weight is 302 g/mol. The summed E-state index contributed by atoms with van der Waals surface area (Å²) in [6, 6.07) is 3.71. The molecule has 0 radical (unpaired) electrons. The lowest BCUT2D eigenvalue weighted by molar-refractivity contribution is 0.0517. The molecule has 0 atom stereocenters. The maximum atomic E-state index is 11.7. The van der Waals surface area contributed by atoms with Gasteiger partial charge in [0, 0.05) is 13.7 Å². The van der Waals surface area contributed by atoms with Crippen LogP contribution in [0, 0.1) is 0 Å². The van der Waals surface area contributed by atoms with Crippen LogP contribution in [0.1, 0.15) is 29.4 Å². The molecule has 0 spiro atoms. The molecule has 0 aliphatic rings. The van der Waals surface area contributed by atoms with Crippen molar-refractivity contribution in [2.45, 2.75) is 19.8 Å². The average Bonchev–Trinajstić information content (AvgIpc) is 2.31. The van der Waals surface area contributed by atoms with Gasteiger partial charge in [0.2, 0.25) is 0 Å². The first-order valence-corrected chi connectivity index (χ1v) is 6.29. The zero-order valence-electron chi connectivity index (χ0n) is 10.0. The van der Waals surface area contributed by atoms with Gasteiger partial charge < -0.3 is 9.47 Å². The lowest BCUT2D eigenvalue weighted by Crippen LogP contribution is -2.11. The molecule has 1 aromatic rings. The summed E-state index contributed by atoms with van der Waals surface area (Å²) in [4.78, 5) is 15.9. The first-order valence-electron chi connectivity index (χ1n) is 5.50. The number of methoxy groups -OCH3 is 1. The summed E-state index contributed by atoms with van der Waals surface area (Å²) >= 11 is 3.25. The molecule has 4 nitrogen and oxygen atoms in total. The number of aromatic nitrogens is 1. The molecule has 0 aliphatic carbocycles. The van der Waals surface area contributed by atoms with Crippen LogP contribution >= 0.6 is 15.9 Å². The Morgan fingerprint density at radius 2 is 2.24 bits per heavy atom. The number of hydrogen-bond donors (Lipinski definition) is 0. The van der Waals surface area contributed by atoms with Crippen LogP contribution < -0.4 is 0 Å². The van der Waals surface area contributed by atoms with Gasteiger partial charge in [-0.1, -0.05) is 6.07 Å². The fourth-order valence-corrected chi connectivity index (χ4v) is 1.76. The highest BCUT2D eigenvalue weighted by Gasteiger charge is 2.14. The Morgan fingerprint density at radius 1 is 1.47 bits per heavy atom. The van der Waals surface area contributed by atoms with Crippen molar-refractivity contribution in [2.75, 3.05) is 20.3 Å². The van der Waals surface area contributed by atoms with Gasteiger partial charge in [-0.15, -0.1) is 0 Å². The summed E-state index contributed by atoms with van der Waals surface area (Å²) in [6.45, 7) is 2.79. The van der Waals surface area contributed by atoms with E-state index in [4.69, 9.17) is 9.47 Å². The third-order valence-electron chi connectivity index (χ3n) is 2.21. The number of carbonyl (C=O) groups is 1. The topological polar surface area (TPSA) is 48.4 Å². The number of halogens is 1. The number of aryl methyl sites for hydroxylation is 1. The van der Waals surface area contributed by atoms with Crippen molar-refractivity contribution in [2.24, 2.45) is 0 Å². The molecule has 0 bridgehead atoms. The molecule has 94 valence electrons. The van der Waals surface area contributed by atoms with Gasteiger partial charge >= 0.3 is 5.97 Å². The van der Waals surface area contributed by atoms with Gasteiger partial charge in [0.05, 0.1) is 6.61 Å². The standard InChI is InChI=1S/C12H16BrNO3/c1-3-17-12(15)11-9(5-4-8-16-2)6-7-10(13)14-11/h6-7H,3-5,8H2,1-2H3. The molecular weight excluding hydrogens is 286 g/mol. The van der Waals surface area contributed by atoms with Gasteiger partial charge in [-0.25, -0.2) is 9.78 Å². The Kier molecular flexibility index (Phi) is 6.15. The second-order valence-corrected chi connectivity index (χ2v) is 4.27. The Hall–Kier alpha value is -0.940. The van der Waals surface area contributed by atoms with Gasteiger partial charge in [-0.05, 0) is 47.3 Å². The summed E-state index contributed by atoms with van der Waals surface area (Å²) < 4.78 is 10.6. The van der Waals surface area contributed by atoms with Crippen molar-refractivity contribution in [3.63, 3.8) is 0 Å². The van der Waals surface area contributed by atoms with Gasteiger partial charge in [0.25, 0.3) is 0 Å². The highest BCUT2D eigenvalue weighted by Crippen LogP contribution is 2.15. The third-order valence-corrected chi connectivity index (χ3v) is 2.65. The molecule has 1 rings (SSSR count). The van der Waals surface area contributed by atoms with E-state index >= 15 is 0 Å². The lowest BCUT2D eigenvalue weighted by Gasteiger charge is -2.08. The first-order chi connectivity index (χ1) is 8.19. The third kappa shape index (κ3) is 4.44. The van der Waals surface area contributed by atoms with E-state index in [1.807, 2.05) is 12.1 Å². The number of rotatable bonds is 6. The molecule has 0 amide bonds.